The van der Waals surface area contributed by atoms with Crippen molar-refractivity contribution < 1.29 is 18.0 Å². The lowest BCUT2D eigenvalue weighted by Gasteiger charge is -2.18. The molecule has 2 aliphatic carbocycles. The lowest BCUT2D eigenvalue weighted by Crippen LogP contribution is -2.12. The SMILES string of the molecule is O=C(Nc1ccccc1F)c1ccc(C2=C(c3ccc(F)cc3)C=CC2CC2CCCC2)o1. The first-order valence-electron chi connectivity index (χ1n) is 11.4. The standard InChI is InChI=1S/C28H25F2NO2/c29-21-12-9-19(10-13-21)22-14-11-20(17-18-5-1-2-6-18)27(22)25-15-16-26(33-25)28(32)31-24-8-4-3-7-23(24)30/h3-4,7-16,18,20H,1-2,5-6,17H2,(H,31,32). The van der Waals surface area contributed by atoms with E-state index in [-0.39, 0.29) is 23.2 Å². The predicted octanol–water partition coefficient (Wildman–Crippen LogP) is 7.49. The van der Waals surface area contributed by atoms with Crippen LogP contribution in [-0.4, -0.2) is 5.91 Å². The molecule has 0 radical (unpaired) electrons. The molecule has 1 aromatic heterocycles. The fourth-order valence-corrected chi connectivity index (χ4v) is 4.95. The van der Waals surface area contributed by atoms with Gasteiger partial charge in [-0.25, -0.2) is 8.78 Å². The number of carbonyl (C=O) groups excluding carboxylic acids is 1. The highest BCUT2D eigenvalue weighted by Crippen LogP contribution is 2.44. The maximum absolute atomic E-state index is 13.9. The molecule has 3 nitrogen and oxygen atoms in total. The van der Waals surface area contributed by atoms with E-state index in [1.807, 2.05) is 0 Å². The van der Waals surface area contributed by atoms with E-state index in [1.54, 1.807) is 36.4 Å². The Bertz CT molecular complexity index is 1220. The van der Waals surface area contributed by atoms with Crippen molar-refractivity contribution in [3.8, 4) is 0 Å². The molecule has 1 unspecified atom stereocenters. The molecule has 1 N–H and O–H groups in total. The average molecular weight is 446 g/mol. The summed E-state index contributed by atoms with van der Waals surface area (Å²) in [7, 11) is 0. The molecule has 2 aliphatic rings. The second-order valence-electron chi connectivity index (χ2n) is 8.78. The van der Waals surface area contributed by atoms with E-state index in [2.05, 4.69) is 17.5 Å². The van der Waals surface area contributed by atoms with E-state index >= 15 is 0 Å². The molecule has 1 atom stereocenters. The van der Waals surface area contributed by atoms with Crippen LogP contribution in [0, 0.1) is 23.5 Å². The number of furan rings is 1. The molecule has 168 valence electrons. The minimum absolute atomic E-state index is 0.105. The maximum atomic E-state index is 13.9. The number of carbonyl (C=O) groups is 1. The van der Waals surface area contributed by atoms with Crippen LogP contribution in [0.5, 0.6) is 0 Å². The van der Waals surface area contributed by atoms with Crippen LogP contribution < -0.4 is 5.32 Å². The van der Waals surface area contributed by atoms with Gasteiger partial charge in [-0.15, -0.1) is 0 Å². The van der Waals surface area contributed by atoms with Gasteiger partial charge >= 0.3 is 0 Å². The summed E-state index contributed by atoms with van der Waals surface area (Å²) in [5.41, 5.74) is 3.01. The summed E-state index contributed by atoms with van der Waals surface area (Å²) in [6.45, 7) is 0. The van der Waals surface area contributed by atoms with Gasteiger partial charge in [0, 0.05) is 11.5 Å². The lowest BCUT2D eigenvalue weighted by molar-refractivity contribution is 0.0995. The van der Waals surface area contributed by atoms with Gasteiger partial charge in [0.15, 0.2) is 5.76 Å². The van der Waals surface area contributed by atoms with Crippen LogP contribution in [0.3, 0.4) is 0 Å². The molecule has 3 aromatic rings. The topological polar surface area (TPSA) is 42.2 Å². The number of hydrogen-bond donors (Lipinski definition) is 1. The molecule has 2 aromatic carbocycles. The Morgan fingerprint density at radius 1 is 0.970 bits per heavy atom. The molecule has 0 aliphatic heterocycles. The Labute approximate surface area is 191 Å². The van der Waals surface area contributed by atoms with Crippen LogP contribution in [0.25, 0.3) is 11.1 Å². The minimum atomic E-state index is -0.506. The molecule has 5 heteroatoms. The molecule has 0 bridgehead atoms. The minimum Gasteiger partial charge on any atom is -0.451 e. The van der Waals surface area contributed by atoms with Gasteiger partial charge < -0.3 is 9.73 Å². The van der Waals surface area contributed by atoms with Gasteiger partial charge in [0.2, 0.25) is 0 Å². The van der Waals surface area contributed by atoms with Crippen LogP contribution >= 0.6 is 0 Å². The summed E-state index contributed by atoms with van der Waals surface area (Å²) in [5, 5.41) is 2.57. The van der Waals surface area contributed by atoms with Gasteiger partial charge in [-0.2, -0.15) is 0 Å². The van der Waals surface area contributed by atoms with Gasteiger partial charge in [-0.05, 0) is 59.9 Å². The molecule has 5 rings (SSSR count). The predicted molar refractivity (Wildman–Crippen MR) is 125 cm³/mol. The second-order valence-corrected chi connectivity index (χ2v) is 8.78. The zero-order chi connectivity index (χ0) is 22.8. The Morgan fingerprint density at radius 3 is 2.48 bits per heavy atom. The third-order valence-corrected chi connectivity index (χ3v) is 6.59. The van der Waals surface area contributed by atoms with E-state index in [9.17, 15) is 13.6 Å². The Balaban J connectivity index is 1.46. The van der Waals surface area contributed by atoms with E-state index in [0.717, 1.165) is 23.1 Å². The molecule has 1 heterocycles. The summed E-state index contributed by atoms with van der Waals surface area (Å²) in [6, 6.07) is 15.9. The summed E-state index contributed by atoms with van der Waals surface area (Å²) in [4.78, 5) is 12.7. The number of halogens is 2. The third-order valence-electron chi connectivity index (χ3n) is 6.59. The highest BCUT2D eigenvalue weighted by Gasteiger charge is 2.29. The lowest BCUT2D eigenvalue weighted by atomic mass is 9.87. The van der Waals surface area contributed by atoms with Crippen molar-refractivity contribution in [2.24, 2.45) is 11.8 Å². The third kappa shape index (κ3) is 4.54. The van der Waals surface area contributed by atoms with Crippen LogP contribution in [0.15, 0.2) is 77.2 Å². The smallest absolute Gasteiger partial charge is 0.291 e. The van der Waals surface area contributed by atoms with Crippen molar-refractivity contribution in [1.82, 2.24) is 0 Å². The molecule has 0 saturated heterocycles. The van der Waals surface area contributed by atoms with Gasteiger partial charge in [-0.1, -0.05) is 62.1 Å². The fraction of sp³-hybridized carbons (Fsp3) is 0.250. The Morgan fingerprint density at radius 2 is 1.73 bits per heavy atom. The summed E-state index contributed by atoms with van der Waals surface area (Å²) in [6.07, 6.45) is 10.3. The fourth-order valence-electron chi connectivity index (χ4n) is 4.95. The molecular formula is C28H25F2NO2. The Hall–Kier alpha value is -3.47. The second kappa shape index (κ2) is 9.18. The maximum Gasteiger partial charge on any atom is 0.291 e. The number of anilines is 1. The van der Waals surface area contributed by atoms with Crippen molar-refractivity contribution in [1.29, 1.82) is 0 Å². The summed E-state index contributed by atoms with van der Waals surface area (Å²) in [5.74, 6) is 0.272. The number of rotatable bonds is 6. The number of para-hydroxylation sites is 1. The van der Waals surface area contributed by atoms with Crippen molar-refractivity contribution >= 4 is 22.7 Å². The number of benzene rings is 2. The van der Waals surface area contributed by atoms with Crippen LogP contribution in [0.2, 0.25) is 0 Å². The quantitative estimate of drug-likeness (QED) is 0.427. The van der Waals surface area contributed by atoms with Crippen molar-refractivity contribution in [2.75, 3.05) is 5.32 Å². The summed E-state index contributed by atoms with van der Waals surface area (Å²) < 4.78 is 33.5. The first kappa shape index (κ1) is 21.4. The molecule has 0 spiro atoms. The molecular weight excluding hydrogens is 420 g/mol. The zero-order valence-corrected chi connectivity index (χ0v) is 18.2. The van der Waals surface area contributed by atoms with Crippen molar-refractivity contribution in [3.63, 3.8) is 0 Å². The van der Waals surface area contributed by atoms with E-state index < -0.39 is 11.7 Å². The van der Waals surface area contributed by atoms with Gasteiger partial charge in [0.05, 0.1) is 5.69 Å². The largest absolute Gasteiger partial charge is 0.451 e. The van der Waals surface area contributed by atoms with Gasteiger partial charge in [0.1, 0.15) is 17.4 Å². The van der Waals surface area contributed by atoms with Crippen LogP contribution in [-0.2, 0) is 0 Å². The van der Waals surface area contributed by atoms with Gasteiger partial charge in [-0.3, -0.25) is 4.79 Å². The Kier molecular flexibility index (Phi) is 5.95. The van der Waals surface area contributed by atoms with Crippen molar-refractivity contribution in [3.05, 3.63) is 102 Å². The average Bonchev–Trinajstić information content (AvgIpc) is 3.57. The monoisotopic (exact) mass is 445 g/mol. The first-order chi connectivity index (χ1) is 16.1. The van der Waals surface area contributed by atoms with Crippen molar-refractivity contribution in [2.45, 2.75) is 32.1 Å². The molecule has 1 saturated carbocycles. The van der Waals surface area contributed by atoms with Gasteiger partial charge in [0.25, 0.3) is 5.91 Å². The van der Waals surface area contributed by atoms with E-state index in [4.69, 9.17) is 4.42 Å². The number of allylic oxidation sites excluding steroid dienone is 4. The summed E-state index contributed by atoms with van der Waals surface area (Å²) >= 11 is 0. The number of amides is 1. The molecule has 1 fully saturated rings. The first-order valence-corrected chi connectivity index (χ1v) is 11.4. The zero-order valence-electron chi connectivity index (χ0n) is 18.2. The number of hydrogen-bond acceptors (Lipinski definition) is 2. The van der Waals surface area contributed by atoms with Crippen LogP contribution in [0.1, 0.15) is 54.0 Å². The highest BCUT2D eigenvalue weighted by molar-refractivity contribution is 6.03. The number of nitrogens with one attached hydrogen (secondary N) is 1. The molecule has 1 amide bonds. The normalized spacial score (nSPS) is 18.3. The molecule has 33 heavy (non-hydrogen) atoms. The van der Waals surface area contributed by atoms with Crippen LogP contribution in [0.4, 0.5) is 14.5 Å². The highest BCUT2D eigenvalue weighted by atomic mass is 19.1. The van der Waals surface area contributed by atoms with E-state index in [1.165, 1.54) is 49.9 Å². The van der Waals surface area contributed by atoms with E-state index in [0.29, 0.717) is 11.7 Å².